The first-order valence-corrected chi connectivity index (χ1v) is 10.2. The molecule has 0 saturated carbocycles. The fourth-order valence-corrected chi connectivity index (χ4v) is 3.98. The highest BCUT2D eigenvalue weighted by molar-refractivity contribution is 7.89. The third kappa shape index (κ3) is 5.61. The van der Waals surface area contributed by atoms with Gasteiger partial charge in [-0.1, -0.05) is 12.1 Å². The summed E-state index contributed by atoms with van der Waals surface area (Å²) in [6, 6.07) is 4.82. The first-order valence-electron chi connectivity index (χ1n) is 6.82. The smallest absolute Gasteiger partial charge is 0.244 e. The van der Waals surface area contributed by atoms with Gasteiger partial charge >= 0.3 is 0 Å². The summed E-state index contributed by atoms with van der Waals surface area (Å²) in [5.41, 5.74) is 0.774. The zero-order chi connectivity index (χ0) is 17.7. The first-order chi connectivity index (χ1) is 10.6. The lowest BCUT2D eigenvalue weighted by atomic mass is 10.2. The summed E-state index contributed by atoms with van der Waals surface area (Å²) in [4.78, 5) is 0.0228. The van der Waals surface area contributed by atoms with E-state index < -0.39 is 20.0 Å². The predicted molar refractivity (Wildman–Crippen MR) is 89.5 cm³/mol. The van der Waals surface area contributed by atoms with Crippen LogP contribution in [0.5, 0.6) is 5.75 Å². The van der Waals surface area contributed by atoms with Crippen LogP contribution in [0.25, 0.3) is 0 Å². The topological polar surface area (TPSA) is 92.8 Å². The molecule has 9 heteroatoms. The Hall–Kier alpha value is -1.42. The van der Waals surface area contributed by atoms with E-state index >= 15 is 0 Å². The van der Waals surface area contributed by atoms with Gasteiger partial charge in [-0.15, -0.1) is 6.58 Å². The normalized spacial score (nSPS) is 12.3. The molecule has 0 aromatic heterocycles. The zero-order valence-electron chi connectivity index (χ0n) is 13.4. The van der Waals surface area contributed by atoms with Crippen LogP contribution in [-0.2, 0) is 20.0 Å². The number of hydrogen-bond acceptors (Lipinski definition) is 5. The van der Waals surface area contributed by atoms with Gasteiger partial charge in [0.15, 0.2) is 0 Å². The van der Waals surface area contributed by atoms with E-state index in [0.717, 1.165) is 16.1 Å². The molecule has 0 unspecified atom stereocenters. The number of sulfonamides is 2. The van der Waals surface area contributed by atoms with E-state index in [1.165, 1.54) is 19.3 Å². The van der Waals surface area contributed by atoms with Gasteiger partial charge in [0, 0.05) is 19.6 Å². The van der Waals surface area contributed by atoms with Crippen molar-refractivity contribution in [1.29, 1.82) is 0 Å². The summed E-state index contributed by atoms with van der Waals surface area (Å²) in [6.45, 7) is 5.34. The van der Waals surface area contributed by atoms with Crippen molar-refractivity contribution >= 4 is 20.0 Å². The predicted octanol–water partition coefficient (Wildman–Crippen LogP) is 0.730. The number of ether oxygens (including phenoxy) is 1. The molecule has 0 fully saturated rings. The molecule has 0 bridgehead atoms. The molecule has 0 atom stereocenters. The molecule has 1 N–H and O–H groups in total. The number of aryl methyl sites for hydroxylation is 1. The van der Waals surface area contributed by atoms with Crippen molar-refractivity contribution in [1.82, 2.24) is 9.03 Å². The van der Waals surface area contributed by atoms with E-state index in [0.29, 0.717) is 0 Å². The summed E-state index contributed by atoms with van der Waals surface area (Å²) in [5, 5.41) is 0. The van der Waals surface area contributed by atoms with Gasteiger partial charge in [-0.3, -0.25) is 0 Å². The molecule has 7 nitrogen and oxygen atoms in total. The number of nitrogens with zero attached hydrogens (tertiary/aromatic N) is 1. The van der Waals surface area contributed by atoms with Gasteiger partial charge in [0.05, 0.1) is 13.4 Å². The minimum absolute atomic E-state index is 0.0121. The number of nitrogens with one attached hydrogen (secondary N) is 1. The monoisotopic (exact) mass is 362 g/mol. The molecular formula is C14H22N2O5S2. The Balaban J connectivity index is 2.88. The Bertz CT molecular complexity index is 757. The van der Waals surface area contributed by atoms with Gasteiger partial charge in [-0.25, -0.2) is 21.6 Å². The SMILES string of the molecule is C=CCN(CCNS(=O)(=O)c1cc(C)ccc1OC)S(C)(=O)=O. The zero-order valence-corrected chi connectivity index (χ0v) is 15.1. The van der Waals surface area contributed by atoms with Crippen LogP contribution < -0.4 is 9.46 Å². The van der Waals surface area contributed by atoms with E-state index in [4.69, 9.17) is 4.74 Å². The molecule has 130 valence electrons. The van der Waals surface area contributed by atoms with Crippen LogP contribution in [0.1, 0.15) is 5.56 Å². The molecule has 1 rings (SSSR count). The largest absolute Gasteiger partial charge is 0.495 e. The lowest BCUT2D eigenvalue weighted by molar-refractivity contribution is 0.401. The third-order valence-corrected chi connectivity index (χ3v) is 5.82. The average molecular weight is 362 g/mol. The molecule has 0 aliphatic rings. The van der Waals surface area contributed by atoms with Crippen LogP contribution >= 0.6 is 0 Å². The summed E-state index contributed by atoms with van der Waals surface area (Å²) >= 11 is 0. The van der Waals surface area contributed by atoms with Gasteiger partial charge in [0.2, 0.25) is 20.0 Å². The van der Waals surface area contributed by atoms with Gasteiger partial charge in [0.25, 0.3) is 0 Å². The summed E-state index contributed by atoms with van der Waals surface area (Å²) in [5.74, 6) is 0.231. The second kappa shape index (κ2) is 7.91. The molecule has 0 aliphatic heterocycles. The highest BCUT2D eigenvalue weighted by Crippen LogP contribution is 2.24. The molecule has 0 amide bonds. The van der Waals surface area contributed by atoms with Gasteiger partial charge in [0.1, 0.15) is 10.6 Å². The van der Waals surface area contributed by atoms with Crippen molar-refractivity contribution in [3.8, 4) is 5.75 Å². The number of benzene rings is 1. The van der Waals surface area contributed by atoms with Crippen LogP contribution in [0.2, 0.25) is 0 Å². The van der Waals surface area contributed by atoms with E-state index in [-0.39, 0.29) is 30.3 Å². The average Bonchev–Trinajstić information content (AvgIpc) is 2.45. The van der Waals surface area contributed by atoms with E-state index in [9.17, 15) is 16.8 Å². The molecule has 0 saturated heterocycles. The molecule has 23 heavy (non-hydrogen) atoms. The van der Waals surface area contributed by atoms with E-state index in [1.54, 1.807) is 19.1 Å². The maximum Gasteiger partial charge on any atom is 0.244 e. The lowest BCUT2D eigenvalue weighted by Crippen LogP contribution is -2.38. The Morgan fingerprint density at radius 1 is 1.30 bits per heavy atom. The Kier molecular flexibility index (Phi) is 6.75. The fourth-order valence-electron chi connectivity index (χ4n) is 1.91. The van der Waals surface area contributed by atoms with Crippen molar-refractivity contribution in [3.63, 3.8) is 0 Å². The molecule has 1 aromatic carbocycles. The number of rotatable bonds is 9. The number of hydrogen-bond donors (Lipinski definition) is 1. The Labute approximate surface area is 138 Å². The first kappa shape index (κ1) is 19.6. The lowest BCUT2D eigenvalue weighted by Gasteiger charge is -2.18. The quantitative estimate of drug-likeness (QED) is 0.654. The van der Waals surface area contributed by atoms with Crippen molar-refractivity contribution in [2.75, 3.05) is 33.0 Å². The van der Waals surface area contributed by atoms with Crippen LogP contribution in [0, 0.1) is 6.92 Å². The van der Waals surface area contributed by atoms with Gasteiger partial charge < -0.3 is 4.74 Å². The van der Waals surface area contributed by atoms with Crippen molar-refractivity contribution in [2.24, 2.45) is 0 Å². The second-order valence-electron chi connectivity index (χ2n) is 4.96. The number of methoxy groups -OCH3 is 1. The second-order valence-corrected chi connectivity index (χ2v) is 8.68. The summed E-state index contributed by atoms with van der Waals surface area (Å²) < 4.78 is 56.5. The molecule has 0 aliphatic carbocycles. The van der Waals surface area contributed by atoms with Gasteiger partial charge in [-0.2, -0.15) is 4.31 Å². The van der Waals surface area contributed by atoms with Gasteiger partial charge in [-0.05, 0) is 24.6 Å². The van der Waals surface area contributed by atoms with Crippen LogP contribution in [0.3, 0.4) is 0 Å². The fraction of sp³-hybridized carbons (Fsp3) is 0.429. The van der Waals surface area contributed by atoms with Crippen molar-refractivity contribution < 1.29 is 21.6 Å². The van der Waals surface area contributed by atoms with E-state index in [2.05, 4.69) is 11.3 Å². The van der Waals surface area contributed by atoms with E-state index in [1.807, 2.05) is 0 Å². The van der Waals surface area contributed by atoms with Crippen LogP contribution in [0.4, 0.5) is 0 Å². The van der Waals surface area contributed by atoms with Crippen molar-refractivity contribution in [2.45, 2.75) is 11.8 Å². The maximum atomic E-state index is 12.4. The molecule has 0 heterocycles. The van der Waals surface area contributed by atoms with Crippen LogP contribution in [0.15, 0.2) is 35.7 Å². The maximum absolute atomic E-state index is 12.4. The Morgan fingerprint density at radius 3 is 2.48 bits per heavy atom. The summed E-state index contributed by atoms with van der Waals surface area (Å²) in [6.07, 6.45) is 2.51. The van der Waals surface area contributed by atoms with Crippen LogP contribution in [-0.4, -0.2) is 54.1 Å². The minimum Gasteiger partial charge on any atom is -0.495 e. The standard InChI is InChI=1S/C14H22N2O5S2/c1-5-9-16(22(4,17)18)10-8-15-23(19,20)14-11-12(2)6-7-13(14)21-3/h5-7,11,15H,1,8-10H2,2-4H3. The highest BCUT2D eigenvalue weighted by atomic mass is 32.2. The molecular weight excluding hydrogens is 340 g/mol. The molecule has 0 spiro atoms. The summed E-state index contributed by atoms with van der Waals surface area (Å²) in [7, 11) is -5.84. The minimum atomic E-state index is -3.80. The third-order valence-electron chi connectivity index (χ3n) is 3.06. The highest BCUT2D eigenvalue weighted by Gasteiger charge is 2.21. The Morgan fingerprint density at radius 2 is 1.96 bits per heavy atom. The molecule has 1 aromatic rings. The van der Waals surface area contributed by atoms with Crippen molar-refractivity contribution in [3.05, 3.63) is 36.4 Å². The molecule has 0 radical (unpaired) electrons.